The maximum Gasteiger partial charge on any atom is 0.148 e. The largest absolute Gasteiger partial charge is 0.365 e. The number of benzene rings is 1. The van der Waals surface area contributed by atoms with E-state index in [9.17, 15) is 5.26 Å². The molecule has 0 aliphatic heterocycles. The maximum absolute atomic E-state index is 9.22. The smallest absolute Gasteiger partial charge is 0.148 e. The van der Waals surface area contributed by atoms with Crippen LogP contribution in [-0.4, -0.2) is 14.8 Å². The lowest BCUT2D eigenvalue weighted by molar-refractivity contribution is 0.874. The van der Waals surface area contributed by atoms with Crippen LogP contribution in [0, 0.1) is 11.3 Å². The minimum atomic E-state index is 0.521. The molecule has 2 aromatic heterocycles. The van der Waals surface area contributed by atoms with Crippen LogP contribution in [-0.2, 0) is 6.54 Å². The number of nitriles is 1. The molecule has 1 N–H and O–H groups in total. The third kappa shape index (κ3) is 2.74. The third-order valence-corrected chi connectivity index (χ3v) is 3.10. The predicted octanol–water partition coefficient (Wildman–Crippen LogP) is 2.75. The van der Waals surface area contributed by atoms with Crippen molar-refractivity contribution in [3.05, 3.63) is 72.2 Å². The van der Waals surface area contributed by atoms with Crippen LogP contribution in [0.2, 0.25) is 0 Å². The highest BCUT2D eigenvalue weighted by Crippen LogP contribution is 2.20. The van der Waals surface area contributed by atoms with E-state index >= 15 is 0 Å². The molecule has 0 saturated heterocycles. The first kappa shape index (κ1) is 12.9. The zero-order chi connectivity index (χ0) is 14.5. The first-order chi connectivity index (χ1) is 10.4. The van der Waals surface area contributed by atoms with Gasteiger partial charge in [0.05, 0.1) is 11.9 Å². The molecular weight excluding hydrogens is 262 g/mol. The van der Waals surface area contributed by atoms with Crippen molar-refractivity contribution < 1.29 is 0 Å². The summed E-state index contributed by atoms with van der Waals surface area (Å²) >= 11 is 0. The highest BCUT2D eigenvalue weighted by molar-refractivity contribution is 5.56. The Labute approximate surface area is 122 Å². The molecule has 0 amide bonds. The van der Waals surface area contributed by atoms with Crippen LogP contribution >= 0.6 is 0 Å². The van der Waals surface area contributed by atoms with Gasteiger partial charge in [0.2, 0.25) is 0 Å². The molecule has 0 radical (unpaired) electrons. The first-order valence-corrected chi connectivity index (χ1v) is 6.55. The summed E-state index contributed by atoms with van der Waals surface area (Å²) in [6.45, 7) is 0.607. The second-order valence-electron chi connectivity index (χ2n) is 4.48. The molecule has 0 bridgehead atoms. The van der Waals surface area contributed by atoms with Crippen molar-refractivity contribution in [2.75, 3.05) is 5.32 Å². The van der Waals surface area contributed by atoms with E-state index < -0.39 is 0 Å². The number of nitrogens with zero attached hydrogens (tertiary/aromatic N) is 4. The van der Waals surface area contributed by atoms with Crippen molar-refractivity contribution in [3.8, 4) is 11.8 Å². The number of nitrogens with one attached hydrogen (secondary N) is 1. The van der Waals surface area contributed by atoms with Crippen LogP contribution in [0.5, 0.6) is 0 Å². The van der Waals surface area contributed by atoms with Crippen molar-refractivity contribution in [2.24, 2.45) is 0 Å². The quantitative estimate of drug-likeness (QED) is 0.795. The van der Waals surface area contributed by atoms with Gasteiger partial charge < -0.3 is 5.32 Å². The summed E-state index contributed by atoms with van der Waals surface area (Å²) < 4.78 is 1.74. The van der Waals surface area contributed by atoms with E-state index in [0.29, 0.717) is 17.9 Å². The molecule has 21 heavy (non-hydrogen) atoms. The molecule has 0 aliphatic carbocycles. The van der Waals surface area contributed by atoms with Gasteiger partial charge in [-0.15, -0.1) is 0 Å². The Kier molecular flexibility index (Phi) is 3.61. The van der Waals surface area contributed by atoms with E-state index in [0.717, 1.165) is 11.3 Å². The van der Waals surface area contributed by atoms with Gasteiger partial charge in [0, 0.05) is 18.9 Å². The van der Waals surface area contributed by atoms with Gasteiger partial charge in [-0.1, -0.05) is 18.2 Å². The molecule has 0 saturated carbocycles. The molecular formula is C16H13N5. The average Bonchev–Trinajstić information content (AvgIpc) is 2.97. The highest BCUT2D eigenvalue weighted by Gasteiger charge is 2.11. The summed E-state index contributed by atoms with van der Waals surface area (Å²) in [5, 5.41) is 16.8. The minimum absolute atomic E-state index is 0.521. The average molecular weight is 275 g/mol. The second kappa shape index (κ2) is 5.88. The number of pyridine rings is 1. The molecule has 3 rings (SSSR count). The highest BCUT2D eigenvalue weighted by atomic mass is 15.3. The first-order valence-electron chi connectivity index (χ1n) is 6.55. The van der Waals surface area contributed by atoms with Crippen LogP contribution in [0.25, 0.3) is 5.69 Å². The Morgan fingerprint density at radius 2 is 1.86 bits per heavy atom. The van der Waals surface area contributed by atoms with Crippen LogP contribution in [0.15, 0.2) is 61.1 Å². The van der Waals surface area contributed by atoms with Gasteiger partial charge in [0.25, 0.3) is 0 Å². The van der Waals surface area contributed by atoms with Gasteiger partial charge >= 0.3 is 0 Å². The molecule has 0 atom stereocenters. The minimum Gasteiger partial charge on any atom is -0.365 e. The van der Waals surface area contributed by atoms with Gasteiger partial charge in [-0.05, 0) is 29.8 Å². The van der Waals surface area contributed by atoms with Crippen molar-refractivity contribution in [1.82, 2.24) is 14.8 Å². The number of rotatable bonds is 4. The zero-order valence-electron chi connectivity index (χ0n) is 11.3. The summed E-state index contributed by atoms with van der Waals surface area (Å²) in [5.74, 6) is 0.695. The Hall–Kier alpha value is -3.13. The molecule has 0 aliphatic rings. The predicted molar refractivity (Wildman–Crippen MR) is 79.8 cm³/mol. The maximum atomic E-state index is 9.22. The molecule has 0 fully saturated rings. The van der Waals surface area contributed by atoms with E-state index in [1.165, 1.54) is 0 Å². The molecule has 1 aromatic carbocycles. The van der Waals surface area contributed by atoms with Gasteiger partial charge in [0.15, 0.2) is 0 Å². The summed E-state index contributed by atoms with van der Waals surface area (Å²) in [7, 11) is 0. The Bertz CT molecular complexity index is 756. The van der Waals surface area contributed by atoms with Gasteiger partial charge in [0.1, 0.15) is 17.5 Å². The molecule has 3 aromatic rings. The number of hydrogen-bond acceptors (Lipinski definition) is 4. The van der Waals surface area contributed by atoms with Crippen molar-refractivity contribution in [3.63, 3.8) is 0 Å². The summed E-state index contributed by atoms with van der Waals surface area (Å²) in [6, 6.07) is 15.8. The monoisotopic (exact) mass is 275 g/mol. The lowest BCUT2D eigenvalue weighted by Gasteiger charge is -2.10. The van der Waals surface area contributed by atoms with E-state index in [-0.39, 0.29) is 0 Å². The SMILES string of the molecule is N#Cc1cnn(-c2ccccc2)c1NCc1ccncc1. The van der Waals surface area contributed by atoms with Crippen LogP contribution < -0.4 is 5.32 Å². The van der Waals surface area contributed by atoms with E-state index in [4.69, 9.17) is 0 Å². The topological polar surface area (TPSA) is 66.5 Å². The van der Waals surface area contributed by atoms with E-state index in [1.54, 1.807) is 23.3 Å². The molecule has 0 spiro atoms. The zero-order valence-corrected chi connectivity index (χ0v) is 11.3. The second-order valence-corrected chi connectivity index (χ2v) is 4.48. The third-order valence-electron chi connectivity index (χ3n) is 3.10. The van der Waals surface area contributed by atoms with Gasteiger partial charge in [-0.2, -0.15) is 10.4 Å². The molecule has 102 valence electrons. The van der Waals surface area contributed by atoms with Gasteiger partial charge in [-0.3, -0.25) is 4.98 Å². The fourth-order valence-corrected chi connectivity index (χ4v) is 2.05. The fraction of sp³-hybridized carbons (Fsp3) is 0.0625. The lowest BCUT2D eigenvalue weighted by Crippen LogP contribution is -2.07. The van der Waals surface area contributed by atoms with E-state index in [2.05, 4.69) is 21.5 Å². The van der Waals surface area contributed by atoms with Gasteiger partial charge in [-0.25, -0.2) is 4.68 Å². The summed E-state index contributed by atoms with van der Waals surface area (Å²) in [4.78, 5) is 3.99. The summed E-state index contributed by atoms with van der Waals surface area (Å²) in [5.41, 5.74) is 2.53. The molecule has 0 unspecified atom stereocenters. The number of anilines is 1. The normalized spacial score (nSPS) is 10.0. The number of aromatic nitrogens is 3. The number of para-hydroxylation sites is 1. The Morgan fingerprint density at radius 3 is 2.57 bits per heavy atom. The molecule has 5 nitrogen and oxygen atoms in total. The Balaban J connectivity index is 1.90. The van der Waals surface area contributed by atoms with Crippen LogP contribution in [0.1, 0.15) is 11.1 Å². The van der Waals surface area contributed by atoms with Crippen molar-refractivity contribution in [1.29, 1.82) is 5.26 Å². The van der Waals surface area contributed by atoms with Crippen molar-refractivity contribution in [2.45, 2.75) is 6.54 Å². The number of hydrogen-bond donors (Lipinski definition) is 1. The Morgan fingerprint density at radius 1 is 1.10 bits per heavy atom. The molecule has 2 heterocycles. The standard InChI is InChI=1S/C16H13N5/c17-10-14-12-20-21(15-4-2-1-3-5-15)16(14)19-11-13-6-8-18-9-7-13/h1-9,12,19H,11H2. The fourth-order valence-electron chi connectivity index (χ4n) is 2.05. The summed E-state index contributed by atoms with van der Waals surface area (Å²) in [6.07, 6.45) is 5.06. The molecule has 5 heteroatoms. The van der Waals surface area contributed by atoms with E-state index in [1.807, 2.05) is 42.5 Å². The van der Waals surface area contributed by atoms with Crippen molar-refractivity contribution >= 4 is 5.82 Å². The van der Waals surface area contributed by atoms with Crippen LogP contribution in [0.4, 0.5) is 5.82 Å². The van der Waals surface area contributed by atoms with Crippen LogP contribution in [0.3, 0.4) is 0 Å². The lowest BCUT2D eigenvalue weighted by atomic mass is 10.2.